The first-order chi connectivity index (χ1) is 10.5. The highest BCUT2D eigenvalue weighted by molar-refractivity contribution is 5.78. The summed E-state index contributed by atoms with van der Waals surface area (Å²) in [4.78, 5) is 22.3. The van der Waals surface area contributed by atoms with Crippen LogP contribution in [0.2, 0.25) is 0 Å². The van der Waals surface area contributed by atoms with Crippen LogP contribution in [0.3, 0.4) is 0 Å². The molecule has 2 aliphatic carbocycles. The molecule has 0 heterocycles. The van der Waals surface area contributed by atoms with Gasteiger partial charge in [0.05, 0.1) is 11.3 Å². The second-order valence-corrected chi connectivity index (χ2v) is 6.80. The first-order valence-corrected chi connectivity index (χ1v) is 8.05. The van der Waals surface area contributed by atoms with E-state index in [9.17, 15) is 14.9 Å². The van der Waals surface area contributed by atoms with Crippen molar-refractivity contribution in [1.29, 1.82) is 0 Å². The van der Waals surface area contributed by atoms with Crippen molar-refractivity contribution in [3.63, 3.8) is 0 Å². The lowest BCUT2D eigenvalue weighted by atomic mass is 9.84. The Morgan fingerprint density at radius 2 is 2.05 bits per heavy atom. The maximum atomic E-state index is 12.2. The topological polar surface area (TPSA) is 72.2 Å². The van der Waals surface area contributed by atoms with Gasteiger partial charge in [0.2, 0.25) is 5.91 Å². The zero-order valence-corrected chi connectivity index (χ0v) is 12.8. The molecule has 2 bridgehead atoms. The van der Waals surface area contributed by atoms with E-state index in [1.54, 1.807) is 12.1 Å². The summed E-state index contributed by atoms with van der Waals surface area (Å²) in [6.07, 6.45) is 5.56. The largest absolute Gasteiger partial charge is 0.353 e. The van der Waals surface area contributed by atoms with Crippen molar-refractivity contribution >= 4 is 11.6 Å². The van der Waals surface area contributed by atoms with Gasteiger partial charge in [0, 0.05) is 18.2 Å². The summed E-state index contributed by atoms with van der Waals surface area (Å²) in [5.41, 5.74) is 0.864. The number of non-ortho nitro benzene ring substituents is 1. The summed E-state index contributed by atoms with van der Waals surface area (Å²) >= 11 is 0. The molecule has 2 aliphatic rings. The highest BCUT2D eigenvalue weighted by Gasteiger charge is 2.42. The molecule has 2 saturated carbocycles. The fourth-order valence-electron chi connectivity index (χ4n) is 4.24. The van der Waals surface area contributed by atoms with E-state index in [-0.39, 0.29) is 24.1 Å². The van der Waals surface area contributed by atoms with Crippen LogP contribution in [0.1, 0.15) is 38.2 Å². The normalized spacial score (nSPS) is 27.6. The summed E-state index contributed by atoms with van der Waals surface area (Å²) in [6, 6.07) is 6.42. The number of amides is 1. The summed E-state index contributed by atoms with van der Waals surface area (Å²) in [7, 11) is 0. The van der Waals surface area contributed by atoms with E-state index in [2.05, 4.69) is 12.2 Å². The number of carbonyl (C=O) groups excluding carboxylic acids is 1. The fourth-order valence-corrected chi connectivity index (χ4v) is 4.24. The predicted octanol–water partition coefficient (Wildman–Crippen LogP) is 3.08. The van der Waals surface area contributed by atoms with Gasteiger partial charge in [0.25, 0.3) is 5.69 Å². The van der Waals surface area contributed by atoms with E-state index < -0.39 is 4.92 Å². The van der Waals surface area contributed by atoms with Crippen LogP contribution in [0.4, 0.5) is 5.69 Å². The van der Waals surface area contributed by atoms with Gasteiger partial charge < -0.3 is 5.32 Å². The molecule has 22 heavy (non-hydrogen) atoms. The summed E-state index contributed by atoms with van der Waals surface area (Å²) < 4.78 is 0. The van der Waals surface area contributed by atoms with Gasteiger partial charge >= 0.3 is 0 Å². The molecule has 1 amide bonds. The van der Waals surface area contributed by atoms with Crippen molar-refractivity contribution in [2.24, 2.45) is 17.8 Å². The van der Waals surface area contributed by atoms with Crippen LogP contribution in [0, 0.1) is 27.9 Å². The molecule has 0 aromatic heterocycles. The molecule has 3 rings (SSSR count). The molecular formula is C17H22N2O3. The Bertz CT molecular complexity index is 570. The summed E-state index contributed by atoms with van der Waals surface area (Å²) in [5.74, 6) is 2.30. The molecule has 0 spiro atoms. The van der Waals surface area contributed by atoms with E-state index in [0.717, 1.165) is 17.4 Å². The van der Waals surface area contributed by atoms with Gasteiger partial charge in [-0.05, 0) is 49.5 Å². The number of carbonyl (C=O) groups is 1. The minimum absolute atomic E-state index is 0.00382. The molecule has 1 aromatic rings. The third-order valence-corrected chi connectivity index (χ3v) is 5.34. The number of nitro groups is 1. The number of nitrogens with one attached hydrogen (secondary N) is 1. The van der Waals surface area contributed by atoms with Gasteiger partial charge in [-0.25, -0.2) is 0 Å². The van der Waals surface area contributed by atoms with Gasteiger partial charge in [-0.3, -0.25) is 14.9 Å². The van der Waals surface area contributed by atoms with Crippen LogP contribution < -0.4 is 5.32 Å². The minimum atomic E-state index is -0.430. The second-order valence-electron chi connectivity index (χ2n) is 6.80. The minimum Gasteiger partial charge on any atom is -0.353 e. The number of hydrogen-bond donors (Lipinski definition) is 1. The van der Waals surface area contributed by atoms with Crippen LogP contribution in [0.15, 0.2) is 24.3 Å². The Hall–Kier alpha value is -1.91. The SMILES string of the molecule is C[C@H](NC(=O)Cc1ccc([N+](=O)[O-])cc1)[C@@H]1C[C@@H]2CC[C@@H]1C2. The van der Waals surface area contributed by atoms with Crippen LogP contribution >= 0.6 is 0 Å². The number of rotatable bonds is 5. The highest BCUT2D eigenvalue weighted by Crippen LogP contribution is 2.49. The Morgan fingerprint density at radius 3 is 2.59 bits per heavy atom. The molecule has 118 valence electrons. The van der Waals surface area contributed by atoms with Gasteiger partial charge in [-0.15, -0.1) is 0 Å². The molecule has 0 unspecified atom stereocenters. The van der Waals surface area contributed by atoms with Crippen molar-refractivity contribution < 1.29 is 9.72 Å². The third kappa shape index (κ3) is 3.13. The molecule has 5 heteroatoms. The van der Waals surface area contributed by atoms with Gasteiger partial charge in [0.1, 0.15) is 0 Å². The maximum absolute atomic E-state index is 12.2. The summed E-state index contributed by atoms with van der Waals surface area (Å²) in [6.45, 7) is 2.11. The van der Waals surface area contributed by atoms with Crippen molar-refractivity contribution in [1.82, 2.24) is 5.32 Å². The number of hydrogen-bond acceptors (Lipinski definition) is 3. The zero-order chi connectivity index (χ0) is 15.7. The number of fused-ring (bicyclic) bond motifs is 2. The predicted molar refractivity (Wildman–Crippen MR) is 83.3 cm³/mol. The van der Waals surface area contributed by atoms with Gasteiger partial charge in [-0.1, -0.05) is 18.6 Å². The first-order valence-electron chi connectivity index (χ1n) is 8.05. The average molecular weight is 302 g/mol. The fraction of sp³-hybridized carbons (Fsp3) is 0.588. The molecule has 0 saturated heterocycles. The average Bonchev–Trinajstić information content (AvgIpc) is 3.10. The Labute approximate surface area is 130 Å². The highest BCUT2D eigenvalue weighted by atomic mass is 16.6. The summed E-state index contributed by atoms with van der Waals surface area (Å²) in [5, 5.41) is 13.7. The van der Waals surface area contributed by atoms with Crippen molar-refractivity contribution in [3.8, 4) is 0 Å². The van der Waals surface area contributed by atoms with E-state index in [1.165, 1.54) is 37.8 Å². The standard InChI is InChI=1S/C17H22N2O3/c1-11(16-9-13-2-5-14(16)8-13)18-17(20)10-12-3-6-15(7-4-12)19(21)22/h3-4,6-7,11,13-14,16H,2,5,8-10H2,1H3,(H,18,20)/t11-,13+,14+,16-/m0/s1. The second kappa shape index (κ2) is 6.07. The molecule has 2 fully saturated rings. The maximum Gasteiger partial charge on any atom is 0.269 e. The number of benzene rings is 1. The lowest BCUT2D eigenvalue weighted by Gasteiger charge is -2.28. The Morgan fingerprint density at radius 1 is 1.32 bits per heavy atom. The van der Waals surface area contributed by atoms with E-state index in [1.807, 2.05) is 0 Å². The van der Waals surface area contributed by atoms with Crippen molar-refractivity contribution in [2.75, 3.05) is 0 Å². The number of nitrogens with zero attached hydrogens (tertiary/aromatic N) is 1. The molecule has 5 nitrogen and oxygen atoms in total. The monoisotopic (exact) mass is 302 g/mol. The molecule has 1 N–H and O–H groups in total. The first kappa shape index (κ1) is 15.0. The Balaban J connectivity index is 1.52. The molecule has 4 atom stereocenters. The van der Waals surface area contributed by atoms with Crippen molar-refractivity contribution in [2.45, 2.75) is 45.1 Å². The number of nitro benzene ring substituents is 1. The zero-order valence-electron chi connectivity index (χ0n) is 12.8. The van der Waals surface area contributed by atoms with Crippen LogP contribution in [0.5, 0.6) is 0 Å². The van der Waals surface area contributed by atoms with Crippen molar-refractivity contribution in [3.05, 3.63) is 39.9 Å². The molecular weight excluding hydrogens is 280 g/mol. The molecule has 1 aromatic carbocycles. The molecule has 0 aliphatic heterocycles. The lowest BCUT2D eigenvalue weighted by molar-refractivity contribution is -0.384. The quantitative estimate of drug-likeness (QED) is 0.671. The van der Waals surface area contributed by atoms with E-state index >= 15 is 0 Å². The smallest absolute Gasteiger partial charge is 0.269 e. The van der Waals surface area contributed by atoms with Crippen LogP contribution in [0.25, 0.3) is 0 Å². The third-order valence-electron chi connectivity index (χ3n) is 5.34. The van der Waals surface area contributed by atoms with Gasteiger partial charge in [-0.2, -0.15) is 0 Å². The van der Waals surface area contributed by atoms with E-state index in [0.29, 0.717) is 5.92 Å². The van der Waals surface area contributed by atoms with Crippen LogP contribution in [-0.2, 0) is 11.2 Å². The Kier molecular flexibility index (Phi) is 4.14. The van der Waals surface area contributed by atoms with Gasteiger partial charge in [0.15, 0.2) is 0 Å². The van der Waals surface area contributed by atoms with E-state index in [4.69, 9.17) is 0 Å². The lowest BCUT2D eigenvalue weighted by Crippen LogP contribution is -2.40. The molecule has 0 radical (unpaired) electrons. The van der Waals surface area contributed by atoms with Crippen LogP contribution in [-0.4, -0.2) is 16.9 Å².